The van der Waals surface area contributed by atoms with E-state index in [-0.39, 0.29) is 17.9 Å². The molecule has 0 bridgehead atoms. The number of benzene rings is 2. The average Bonchev–Trinajstić information content (AvgIpc) is 2.59. The van der Waals surface area contributed by atoms with Crippen molar-refractivity contribution in [1.82, 2.24) is 0 Å². The predicted molar refractivity (Wildman–Crippen MR) is 104 cm³/mol. The van der Waals surface area contributed by atoms with Gasteiger partial charge in [-0.3, -0.25) is 9.13 Å². The number of fused-ring (bicyclic) bond motifs is 1. The van der Waals surface area contributed by atoms with Crippen molar-refractivity contribution in [2.45, 2.75) is 18.4 Å². The standard InChI is InChI=1S/C16H21NO10P2/c1-2-27-13-7-6-10-11(14(13)15(18)19)4-3-5-12(10)17-9-8-16(20,28(21,22)23)29(24,25)26/h3-7,17,20H,2,8-9H2,1H3,(H,18,19)(H2,21,22,23)(H2,24,25,26). The van der Waals surface area contributed by atoms with Crippen molar-refractivity contribution >= 4 is 37.6 Å². The van der Waals surface area contributed by atoms with Crippen LogP contribution in [0.5, 0.6) is 5.75 Å². The Morgan fingerprint density at radius 3 is 2.21 bits per heavy atom. The molecule has 2 aromatic carbocycles. The Labute approximate surface area is 165 Å². The summed E-state index contributed by atoms with van der Waals surface area (Å²) in [4.78, 5) is 48.4. The fourth-order valence-electron chi connectivity index (χ4n) is 2.81. The van der Waals surface area contributed by atoms with E-state index in [1.807, 2.05) is 0 Å². The van der Waals surface area contributed by atoms with Crippen molar-refractivity contribution in [3.05, 3.63) is 35.9 Å². The molecule has 0 amide bonds. The van der Waals surface area contributed by atoms with Crippen molar-refractivity contribution in [3.63, 3.8) is 0 Å². The molecule has 0 aromatic heterocycles. The van der Waals surface area contributed by atoms with Gasteiger partial charge in [-0.2, -0.15) is 0 Å². The SMILES string of the molecule is CCOc1ccc2c(NCCC(O)(P(=O)(O)O)P(=O)(O)O)cccc2c1C(=O)O. The maximum atomic E-state index is 11.7. The zero-order valence-electron chi connectivity index (χ0n) is 15.2. The molecule has 0 unspecified atom stereocenters. The molecule has 160 valence electrons. The van der Waals surface area contributed by atoms with E-state index in [0.717, 1.165) is 0 Å². The molecule has 0 atom stereocenters. The summed E-state index contributed by atoms with van der Waals surface area (Å²) in [5.74, 6) is -1.05. The summed E-state index contributed by atoms with van der Waals surface area (Å²) in [5.41, 5.74) is 0.266. The topological polar surface area (TPSA) is 194 Å². The second-order valence-corrected chi connectivity index (χ2v) is 10.1. The number of anilines is 1. The van der Waals surface area contributed by atoms with E-state index < -0.39 is 39.2 Å². The highest BCUT2D eigenvalue weighted by Gasteiger charge is 2.58. The number of aromatic carboxylic acids is 1. The minimum atomic E-state index is -5.56. The molecular weight excluding hydrogens is 428 g/mol. The van der Waals surface area contributed by atoms with E-state index in [1.54, 1.807) is 25.1 Å². The first-order valence-corrected chi connectivity index (χ1v) is 11.6. The fourth-order valence-corrected chi connectivity index (χ4v) is 4.98. The second-order valence-electron chi connectivity index (χ2n) is 6.12. The Balaban J connectivity index is 2.39. The summed E-state index contributed by atoms with van der Waals surface area (Å²) in [7, 11) is -11.1. The molecule has 0 heterocycles. The van der Waals surface area contributed by atoms with Gasteiger partial charge < -0.3 is 39.8 Å². The number of hydrogen-bond donors (Lipinski definition) is 7. The molecular formula is C16H21NO10P2. The van der Waals surface area contributed by atoms with Crippen LogP contribution in [0.15, 0.2) is 30.3 Å². The van der Waals surface area contributed by atoms with Gasteiger partial charge in [0.05, 0.1) is 6.61 Å². The molecule has 0 fully saturated rings. The van der Waals surface area contributed by atoms with Gasteiger partial charge in [-0.25, -0.2) is 4.79 Å². The van der Waals surface area contributed by atoms with Gasteiger partial charge in [0.25, 0.3) is 5.08 Å². The Morgan fingerprint density at radius 2 is 1.69 bits per heavy atom. The predicted octanol–water partition coefficient (Wildman–Crippen LogP) is 1.74. The van der Waals surface area contributed by atoms with Crippen molar-refractivity contribution in [1.29, 1.82) is 0 Å². The molecule has 2 rings (SSSR count). The molecule has 0 aliphatic carbocycles. The van der Waals surface area contributed by atoms with E-state index in [9.17, 15) is 43.7 Å². The normalized spacial score (nSPS) is 12.8. The number of carboxylic acid groups (broad SMARTS) is 1. The van der Waals surface area contributed by atoms with Gasteiger partial charge in [0.1, 0.15) is 11.3 Å². The van der Waals surface area contributed by atoms with Gasteiger partial charge >= 0.3 is 21.2 Å². The van der Waals surface area contributed by atoms with Gasteiger partial charge in [0.2, 0.25) is 0 Å². The van der Waals surface area contributed by atoms with Crippen LogP contribution in [-0.4, -0.2) is 54.0 Å². The van der Waals surface area contributed by atoms with E-state index in [2.05, 4.69) is 5.32 Å². The molecule has 0 radical (unpaired) electrons. The first kappa shape index (κ1) is 23.3. The molecule has 0 saturated heterocycles. The Hall–Kier alpha value is -1.97. The van der Waals surface area contributed by atoms with Gasteiger partial charge in [0.15, 0.2) is 0 Å². The van der Waals surface area contributed by atoms with Crippen LogP contribution in [0.3, 0.4) is 0 Å². The van der Waals surface area contributed by atoms with Crippen LogP contribution in [0.1, 0.15) is 23.7 Å². The number of hydrogen-bond acceptors (Lipinski definition) is 6. The summed E-state index contributed by atoms with van der Waals surface area (Å²) in [6, 6.07) is 7.66. The smallest absolute Gasteiger partial charge is 0.369 e. The maximum absolute atomic E-state index is 11.7. The molecule has 0 spiro atoms. The third-order valence-corrected chi connectivity index (χ3v) is 8.12. The number of carbonyl (C=O) groups is 1. The van der Waals surface area contributed by atoms with Gasteiger partial charge in [-0.05, 0) is 25.1 Å². The summed E-state index contributed by atoms with van der Waals surface area (Å²) in [5, 5.41) is 19.4. The van der Waals surface area contributed by atoms with Gasteiger partial charge in [0, 0.05) is 29.4 Å². The summed E-state index contributed by atoms with van der Waals surface area (Å²) in [6.07, 6.45) is -0.958. The molecule has 0 aliphatic heterocycles. The Morgan fingerprint density at radius 1 is 1.07 bits per heavy atom. The van der Waals surface area contributed by atoms with Crippen molar-refractivity contribution in [2.75, 3.05) is 18.5 Å². The van der Waals surface area contributed by atoms with E-state index >= 15 is 0 Å². The first-order chi connectivity index (χ1) is 13.3. The summed E-state index contributed by atoms with van der Waals surface area (Å²) < 4.78 is 28.2. The molecule has 0 saturated carbocycles. The highest BCUT2D eigenvalue weighted by molar-refractivity contribution is 7.72. The lowest BCUT2D eigenvalue weighted by atomic mass is 10.0. The number of carboxylic acids is 1. The van der Waals surface area contributed by atoms with E-state index in [0.29, 0.717) is 16.5 Å². The molecule has 13 heteroatoms. The lowest BCUT2D eigenvalue weighted by Gasteiger charge is -2.29. The molecule has 0 aliphatic rings. The van der Waals surface area contributed by atoms with Crippen LogP contribution in [0, 0.1) is 0 Å². The van der Waals surface area contributed by atoms with Crippen LogP contribution >= 0.6 is 15.2 Å². The lowest BCUT2D eigenvalue weighted by molar-refractivity contribution is 0.0694. The van der Waals surface area contributed by atoms with Crippen molar-refractivity contribution < 1.29 is 48.4 Å². The Bertz CT molecular complexity index is 990. The van der Waals surface area contributed by atoms with Crippen LogP contribution in [0.2, 0.25) is 0 Å². The van der Waals surface area contributed by atoms with Crippen LogP contribution in [-0.2, 0) is 9.13 Å². The summed E-state index contributed by atoms with van der Waals surface area (Å²) in [6.45, 7) is 1.55. The van der Waals surface area contributed by atoms with Crippen LogP contribution in [0.4, 0.5) is 5.69 Å². The molecule has 7 N–H and O–H groups in total. The zero-order chi connectivity index (χ0) is 22.0. The highest BCUT2D eigenvalue weighted by atomic mass is 31.2. The van der Waals surface area contributed by atoms with Crippen LogP contribution in [0.25, 0.3) is 10.8 Å². The monoisotopic (exact) mass is 449 g/mol. The third kappa shape index (κ3) is 4.62. The van der Waals surface area contributed by atoms with Crippen molar-refractivity contribution in [2.24, 2.45) is 0 Å². The number of aliphatic hydroxyl groups is 1. The number of rotatable bonds is 9. The molecule has 11 nitrogen and oxygen atoms in total. The Kier molecular flexibility index (Phi) is 6.76. The lowest BCUT2D eigenvalue weighted by Crippen LogP contribution is -2.31. The summed E-state index contributed by atoms with van der Waals surface area (Å²) >= 11 is 0. The minimum Gasteiger partial charge on any atom is -0.493 e. The average molecular weight is 449 g/mol. The highest BCUT2D eigenvalue weighted by Crippen LogP contribution is 2.68. The second kappa shape index (κ2) is 8.41. The molecule has 2 aromatic rings. The quantitative estimate of drug-likeness (QED) is 0.276. The van der Waals surface area contributed by atoms with Gasteiger partial charge in [-0.1, -0.05) is 12.1 Å². The number of nitrogens with one attached hydrogen (secondary N) is 1. The maximum Gasteiger partial charge on any atom is 0.369 e. The zero-order valence-corrected chi connectivity index (χ0v) is 17.0. The molecule has 29 heavy (non-hydrogen) atoms. The van der Waals surface area contributed by atoms with Crippen molar-refractivity contribution in [3.8, 4) is 5.75 Å². The third-order valence-electron chi connectivity index (χ3n) is 4.25. The number of ether oxygens (including phenoxy) is 1. The van der Waals surface area contributed by atoms with Gasteiger partial charge in [-0.15, -0.1) is 0 Å². The minimum absolute atomic E-state index is 0.0741. The van der Waals surface area contributed by atoms with E-state index in [1.165, 1.54) is 12.1 Å². The fraction of sp³-hybridized carbons (Fsp3) is 0.312. The van der Waals surface area contributed by atoms with Crippen LogP contribution < -0.4 is 10.1 Å². The largest absolute Gasteiger partial charge is 0.493 e. The first-order valence-electron chi connectivity index (χ1n) is 8.33. The van der Waals surface area contributed by atoms with E-state index in [4.69, 9.17) is 4.74 Å².